The minimum Gasteiger partial charge on any atom is -0.306 e. The Morgan fingerprint density at radius 1 is 1.50 bits per heavy atom. The molecule has 0 radical (unpaired) electrons. The zero-order valence-electron chi connectivity index (χ0n) is 8.91. The maximum absolute atomic E-state index is 13.1. The largest absolute Gasteiger partial charge is 0.346 e. The first-order valence-electron chi connectivity index (χ1n) is 4.83. The number of carbonyl (C=O) groups excluding carboxylic acids is 1. The molecule has 0 aliphatic rings. The van der Waals surface area contributed by atoms with E-state index in [1.807, 2.05) is 0 Å². The lowest BCUT2D eigenvalue weighted by Gasteiger charge is -2.04. The van der Waals surface area contributed by atoms with Crippen molar-refractivity contribution >= 4 is 17.4 Å². The van der Waals surface area contributed by atoms with E-state index in [0.717, 1.165) is 16.8 Å². The number of hydrogen-bond acceptors (Lipinski definition) is 4. The SMILES string of the molecule is O=C(Nc1ccc(F)c([N+](=O)[O-])c1)n1cccn1. The third-order valence-electron chi connectivity index (χ3n) is 2.11. The zero-order chi connectivity index (χ0) is 13.1. The van der Waals surface area contributed by atoms with Gasteiger partial charge in [-0.25, -0.2) is 4.79 Å². The van der Waals surface area contributed by atoms with Crippen molar-refractivity contribution in [3.8, 4) is 0 Å². The second-order valence-corrected chi connectivity index (χ2v) is 3.30. The maximum Gasteiger partial charge on any atom is 0.346 e. The lowest BCUT2D eigenvalue weighted by Crippen LogP contribution is -2.19. The third kappa shape index (κ3) is 2.32. The highest BCUT2D eigenvalue weighted by Crippen LogP contribution is 2.21. The van der Waals surface area contributed by atoms with E-state index in [2.05, 4.69) is 10.4 Å². The Hall–Kier alpha value is -2.77. The predicted molar refractivity (Wildman–Crippen MR) is 59.7 cm³/mol. The summed E-state index contributed by atoms with van der Waals surface area (Å²) in [7, 11) is 0. The third-order valence-corrected chi connectivity index (χ3v) is 2.11. The molecule has 1 amide bonds. The van der Waals surface area contributed by atoms with Crippen LogP contribution in [0.4, 0.5) is 20.6 Å². The van der Waals surface area contributed by atoms with Crippen molar-refractivity contribution in [2.45, 2.75) is 0 Å². The van der Waals surface area contributed by atoms with Crippen LogP contribution in [-0.4, -0.2) is 20.7 Å². The van der Waals surface area contributed by atoms with Crippen molar-refractivity contribution in [3.05, 3.63) is 52.6 Å². The quantitative estimate of drug-likeness (QED) is 0.652. The van der Waals surface area contributed by atoms with Crippen LogP contribution in [0, 0.1) is 15.9 Å². The highest BCUT2D eigenvalue weighted by molar-refractivity contribution is 5.90. The number of amides is 1. The maximum atomic E-state index is 13.1. The number of nitro groups is 1. The number of rotatable bonds is 2. The number of halogens is 1. The van der Waals surface area contributed by atoms with Crippen LogP contribution in [0.2, 0.25) is 0 Å². The van der Waals surface area contributed by atoms with Crippen LogP contribution in [-0.2, 0) is 0 Å². The molecule has 1 heterocycles. The van der Waals surface area contributed by atoms with Crippen LogP contribution < -0.4 is 5.32 Å². The minimum absolute atomic E-state index is 0.114. The van der Waals surface area contributed by atoms with Crippen LogP contribution in [0.3, 0.4) is 0 Å². The van der Waals surface area contributed by atoms with E-state index in [4.69, 9.17) is 0 Å². The molecule has 0 saturated heterocycles. The fourth-order valence-corrected chi connectivity index (χ4v) is 1.30. The first-order chi connectivity index (χ1) is 8.58. The average Bonchev–Trinajstić information content (AvgIpc) is 2.85. The fraction of sp³-hybridized carbons (Fsp3) is 0. The van der Waals surface area contributed by atoms with Crippen molar-refractivity contribution in [2.75, 3.05) is 5.32 Å². The molecule has 0 saturated carbocycles. The molecule has 1 N–H and O–H groups in total. The summed E-state index contributed by atoms with van der Waals surface area (Å²) >= 11 is 0. The molecule has 18 heavy (non-hydrogen) atoms. The number of anilines is 1. The Bertz CT molecular complexity index is 597. The molecule has 92 valence electrons. The fourth-order valence-electron chi connectivity index (χ4n) is 1.30. The Morgan fingerprint density at radius 2 is 2.28 bits per heavy atom. The molecule has 0 bridgehead atoms. The number of nitrogens with one attached hydrogen (secondary N) is 1. The van der Waals surface area contributed by atoms with Gasteiger partial charge in [0.2, 0.25) is 5.82 Å². The van der Waals surface area contributed by atoms with Gasteiger partial charge in [-0.05, 0) is 18.2 Å². The van der Waals surface area contributed by atoms with E-state index in [1.165, 1.54) is 18.5 Å². The molecule has 0 atom stereocenters. The second-order valence-electron chi connectivity index (χ2n) is 3.30. The van der Waals surface area contributed by atoms with Crippen LogP contribution >= 0.6 is 0 Å². The number of hydrogen-bond donors (Lipinski definition) is 1. The number of carbonyl (C=O) groups is 1. The Labute approximate surface area is 100.0 Å². The topological polar surface area (TPSA) is 90.1 Å². The summed E-state index contributed by atoms with van der Waals surface area (Å²) in [4.78, 5) is 21.2. The molecule has 0 unspecified atom stereocenters. The van der Waals surface area contributed by atoms with Gasteiger partial charge in [-0.3, -0.25) is 10.1 Å². The first kappa shape index (κ1) is 11.7. The summed E-state index contributed by atoms with van der Waals surface area (Å²) < 4.78 is 14.1. The summed E-state index contributed by atoms with van der Waals surface area (Å²) in [6.07, 6.45) is 2.82. The van der Waals surface area contributed by atoms with Crippen molar-refractivity contribution in [1.29, 1.82) is 0 Å². The van der Waals surface area contributed by atoms with Gasteiger partial charge in [-0.1, -0.05) is 0 Å². The first-order valence-corrected chi connectivity index (χ1v) is 4.83. The molecular formula is C10H7FN4O3. The van der Waals surface area contributed by atoms with Crippen molar-refractivity contribution in [3.63, 3.8) is 0 Å². The van der Waals surface area contributed by atoms with E-state index < -0.39 is 22.5 Å². The Morgan fingerprint density at radius 3 is 2.89 bits per heavy atom. The highest BCUT2D eigenvalue weighted by atomic mass is 19.1. The van der Waals surface area contributed by atoms with Crippen molar-refractivity contribution in [1.82, 2.24) is 9.78 Å². The lowest BCUT2D eigenvalue weighted by atomic mass is 10.2. The lowest BCUT2D eigenvalue weighted by molar-refractivity contribution is -0.387. The van der Waals surface area contributed by atoms with Gasteiger partial charge in [-0.2, -0.15) is 14.2 Å². The van der Waals surface area contributed by atoms with Crippen molar-refractivity contribution in [2.24, 2.45) is 0 Å². The number of nitrogens with zero attached hydrogens (tertiary/aromatic N) is 3. The summed E-state index contributed by atoms with van der Waals surface area (Å²) in [6.45, 7) is 0. The monoisotopic (exact) mass is 250 g/mol. The average molecular weight is 250 g/mol. The van der Waals surface area contributed by atoms with Gasteiger partial charge in [0.25, 0.3) is 0 Å². The van der Waals surface area contributed by atoms with Gasteiger partial charge in [0.1, 0.15) is 0 Å². The molecule has 1 aromatic heterocycles. The summed E-state index contributed by atoms with van der Waals surface area (Å²) in [6, 6.07) is 4.03. The summed E-state index contributed by atoms with van der Waals surface area (Å²) in [5, 5.41) is 16.6. The van der Waals surface area contributed by atoms with Crippen LogP contribution in [0.25, 0.3) is 0 Å². The van der Waals surface area contributed by atoms with E-state index in [1.54, 1.807) is 6.07 Å². The number of benzene rings is 1. The van der Waals surface area contributed by atoms with Crippen LogP contribution in [0.5, 0.6) is 0 Å². The Kier molecular flexibility index (Phi) is 3.00. The number of nitro benzene ring substituents is 1. The number of aromatic nitrogens is 2. The molecular weight excluding hydrogens is 243 g/mol. The molecule has 2 aromatic rings. The van der Waals surface area contributed by atoms with E-state index >= 15 is 0 Å². The molecule has 0 aliphatic carbocycles. The molecule has 8 heteroatoms. The van der Waals surface area contributed by atoms with Crippen molar-refractivity contribution < 1.29 is 14.1 Å². The smallest absolute Gasteiger partial charge is 0.306 e. The molecule has 7 nitrogen and oxygen atoms in total. The van der Waals surface area contributed by atoms with Crippen LogP contribution in [0.1, 0.15) is 0 Å². The predicted octanol–water partition coefficient (Wildman–Crippen LogP) is 2.01. The van der Waals surface area contributed by atoms with E-state index in [0.29, 0.717) is 0 Å². The standard InChI is InChI=1S/C10H7FN4O3/c11-8-3-2-7(6-9(8)15(17)18)13-10(16)14-5-1-4-12-14/h1-6H,(H,13,16). The van der Waals surface area contributed by atoms with Gasteiger partial charge in [0.15, 0.2) is 0 Å². The van der Waals surface area contributed by atoms with E-state index in [9.17, 15) is 19.3 Å². The summed E-state index contributed by atoms with van der Waals surface area (Å²) in [5.41, 5.74) is -0.586. The van der Waals surface area contributed by atoms with Gasteiger partial charge in [0, 0.05) is 24.1 Å². The van der Waals surface area contributed by atoms with Gasteiger partial charge < -0.3 is 5.32 Å². The molecule has 0 spiro atoms. The molecule has 0 aliphatic heterocycles. The van der Waals surface area contributed by atoms with Gasteiger partial charge in [0.05, 0.1) is 4.92 Å². The highest BCUT2D eigenvalue weighted by Gasteiger charge is 2.15. The molecule has 0 fully saturated rings. The Balaban J connectivity index is 2.22. The molecule has 1 aromatic carbocycles. The second kappa shape index (κ2) is 4.62. The summed E-state index contributed by atoms with van der Waals surface area (Å²) in [5.74, 6) is -0.961. The van der Waals surface area contributed by atoms with Gasteiger partial charge in [-0.15, -0.1) is 0 Å². The van der Waals surface area contributed by atoms with E-state index in [-0.39, 0.29) is 5.69 Å². The van der Waals surface area contributed by atoms with Gasteiger partial charge >= 0.3 is 11.7 Å². The normalized spacial score (nSPS) is 10.1. The minimum atomic E-state index is -0.961. The molecule has 2 rings (SSSR count). The zero-order valence-corrected chi connectivity index (χ0v) is 8.91. The van der Waals surface area contributed by atoms with Crippen LogP contribution in [0.15, 0.2) is 36.7 Å².